The number of rotatable bonds is 9. The Balaban J connectivity index is 1.18. The second-order valence-corrected chi connectivity index (χ2v) is 11.6. The predicted molar refractivity (Wildman–Crippen MR) is 135 cm³/mol. The minimum absolute atomic E-state index is 0.0840. The fourth-order valence-corrected chi connectivity index (χ4v) is 7.21. The maximum absolute atomic E-state index is 15.1. The highest BCUT2D eigenvalue weighted by Gasteiger charge is 2.44. The zero-order valence-corrected chi connectivity index (χ0v) is 21.8. The summed E-state index contributed by atoms with van der Waals surface area (Å²) < 4.78 is 55.2. The number of benzene rings is 1. The van der Waals surface area contributed by atoms with Crippen LogP contribution in [0.25, 0.3) is 0 Å². The molecule has 35 heavy (non-hydrogen) atoms. The summed E-state index contributed by atoms with van der Waals surface area (Å²) in [5.74, 6) is -0.982. The highest BCUT2D eigenvalue weighted by molar-refractivity contribution is 5.31. The minimum Gasteiger partial charge on any atom is -0.494 e. The Morgan fingerprint density at radius 2 is 1.49 bits per heavy atom. The van der Waals surface area contributed by atoms with E-state index in [4.69, 9.17) is 9.47 Å². The normalized spacial score (nSPS) is 32.4. The van der Waals surface area contributed by atoms with E-state index in [1.54, 1.807) is 12.1 Å². The molecule has 3 aliphatic rings. The van der Waals surface area contributed by atoms with E-state index < -0.39 is 11.8 Å². The smallest absolute Gasteiger partial charge is 0.251 e. The predicted octanol–water partition coefficient (Wildman–Crippen LogP) is 8.93. The summed E-state index contributed by atoms with van der Waals surface area (Å²) in [4.78, 5) is 0. The van der Waals surface area contributed by atoms with Crippen LogP contribution in [0.5, 0.6) is 5.75 Å². The van der Waals surface area contributed by atoms with Crippen LogP contribution >= 0.6 is 0 Å². The largest absolute Gasteiger partial charge is 0.494 e. The molecule has 0 amide bonds. The van der Waals surface area contributed by atoms with Gasteiger partial charge in [-0.2, -0.15) is 0 Å². The standard InChI is InChI=1S/C30H45F3O2/c1-3-18-35-27-15-13-26(14-16-27)30(32,33)20-21-4-6-22(7-5-21)23-8-10-24(11-9-23)25-12-17-29(34-2)28(31)19-25/h12,17,19,21-24,26-27H,3-11,13-16,18,20H2,1-2H3. The molecule has 3 aliphatic carbocycles. The Hall–Kier alpha value is -1.23. The molecule has 1 aromatic carbocycles. The van der Waals surface area contributed by atoms with Crippen molar-refractivity contribution in [1.82, 2.24) is 0 Å². The zero-order chi connectivity index (χ0) is 24.8. The van der Waals surface area contributed by atoms with Crippen LogP contribution in [0.3, 0.4) is 0 Å². The van der Waals surface area contributed by atoms with Crippen molar-refractivity contribution in [3.05, 3.63) is 29.6 Å². The van der Waals surface area contributed by atoms with E-state index in [1.807, 2.05) is 6.07 Å². The third-order valence-electron chi connectivity index (χ3n) is 9.37. The van der Waals surface area contributed by atoms with E-state index in [-0.39, 0.29) is 24.3 Å². The molecule has 0 aliphatic heterocycles. The van der Waals surface area contributed by atoms with Gasteiger partial charge in [-0.25, -0.2) is 13.2 Å². The van der Waals surface area contributed by atoms with Crippen LogP contribution in [0.2, 0.25) is 0 Å². The molecule has 0 heterocycles. The molecule has 0 bridgehead atoms. The third kappa shape index (κ3) is 6.96. The highest BCUT2D eigenvalue weighted by atomic mass is 19.3. The summed E-state index contributed by atoms with van der Waals surface area (Å²) >= 11 is 0. The summed E-state index contributed by atoms with van der Waals surface area (Å²) in [6.45, 7) is 2.83. The minimum atomic E-state index is -2.53. The number of ether oxygens (including phenoxy) is 2. The van der Waals surface area contributed by atoms with E-state index in [2.05, 4.69) is 6.92 Å². The van der Waals surface area contributed by atoms with Gasteiger partial charge in [0.2, 0.25) is 0 Å². The van der Waals surface area contributed by atoms with Crippen molar-refractivity contribution in [1.29, 1.82) is 0 Å². The molecule has 0 N–H and O–H groups in total. The topological polar surface area (TPSA) is 18.5 Å². The summed E-state index contributed by atoms with van der Waals surface area (Å²) in [5.41, 5.74) is 1.08. The van der Waals surface area contributed by atoms with Gasteiger partial charge in [0.25, 0.3) is 5.92 Å². The number of halogens is 3. The molecular weight excluding hydrogens is 449 g/mol. The van der Waals surface area contributed by atoms with Crippen LogP contribution in [0.15, 0.2) is 18.2 Å². The van der Waals surface area contributed by atoms with Gasteiger partial charge in [-0.3, -0.25) is 0 Å². The Labute approximate surface area is 210 Å². The van der Waals surface area contributed by atoms with Gasteiger partial charge in [-0.05, 0) is 125 Å². The summed E-state index contributed by atoms with van der Waals surface area (Å²) in [6, 6.07) is 5.38. The molecule has 1 aromatic rings. The number of hydrogen-bond acceptors (Lipinski definition) is 2. The molecule has 0 saturated heterocycles. The molecule has 0 unspecified atom stereocenters. The van der Waals surface area contributed by atoms with Crippen molar-refractivity contribution in [2.45, 2.75) is 115 Å². The van der Waals surface area contributed by atoms with Gasteiger partial charge in [0.05, 0.1) is 13.2 Å². The van der Waals surface area contributed by atoms with E-state index in [9.17, 15) is 4.39 Å². The van der Waals surface area contributed by atoms with Gasteiger partial charge >= 0.3 is 0 Å². The number of hydrogen-bond donors (Lipinski definition) is 0. The molecule has 0 spiro atoms. The molecule has 3 saturated carbocycles. The Kier molecular flexibility index (Phi) is 9.46. The monoisotopic (exact) mass is 494 g/mol. The van der Waals surface area contributed by atoms with Gasteiger partial charge in [-0.15, -0.1) is 0 Å². The van der Waals surface area contributed by atoms with E-state index >= 15 is 8.78 Å². The lowest BCUT2D eigenvalue weighted by Gasteiger charge is -2.40. The van der Waals surface area contributed by atoms with Crippen molar-refractivity contribution in [3.63, 3.8) is 0 Å². The lowest BCUT2D eigenvalue weighted by molar-refractivity contribution is -0.106. The lowest BCUT2D eigenvalue weighted by atomic mass is 9.67. The molecule has 0 atom stereocenters. The van der Waals surface area contributed by atoms with Crippen molar-refractivity contribution in [2.75, 3.05) is 13.7 Å². The van der Waals surface area contributed by atoms with Crippen molar-refractivity contribution in [3.8, 4) is 5.75 Å². The van der Waals surface area contributed by atoms with Gasteiger partial charge < -0.3 is 9.47 Å². The van der Waals surface area contributed by atoms with Gasteiger partial charge in [0.15, 0.2) is 11.6 Å². The molecule has 4 rings (SSSR count). The van der Waals surface area contributed by atoms with Crippen molar-refractivity contribution in [2.24, 2.45) is 23.7 Å². The SMILES string of the molecule is CCCOC1CCC(C(F)(F)CC2CCC(C3CCC(c4ccc(OC)c(F)c4)CC3)CC2)CC1. The Morgan fingerprint density at radius 3 is 2.06 bits per heavy atom. The average molecular weight is 495 g/mol. The first-order chi connectivity index (χ1) is 16.9. The van der Waals surface area contributed by atoms with Gasteiger partial charge in [-0.1, -0.05) is 13.0 Å². The highest BCUT2D eigenvalue weighted by Crippen LogP contribution is 2.48. The summed E-state index contributed by atoms with van der Waals surface area (Å²) in [6.07, 6.45) is 12.7. The summed E-state index contributed by atoms with van der Waals surface area (Å²) in [5, 5.41) is 0. The van der Waals surface area contributed by atoms with Crippen LogP contribution < -0.4 is 4.74 Å². The fourth-order valence-electron chi connectivity index (χ4n) is 7.21. The molecule has 198 valence electrons. The van der Waals surface area contributed by atoms with Gasteiger partial charge in [0.1, 0.15) is 0 Å². The van der Waals surface area contributed by atoms with Crippen LogP contribution in [0.1, 0.15) is 108 Å². The fraction of sp³-hybridized carbons (Fsp3) is 0.800. The number of methoxy groups -OCH3 is 1. The first kappa shape index (κ1) is 26.8. The van der Waals surface area contributed by atoms with Crippen LogP contribution in [-0.2, 0) is 4.74 Å². The first-order valence-corrected chi connectivity index (χ1v) is 14.2. The van der Waals surface area contributed by atoms with E-state index in [0.29, 0.717) is 36.3 Å². The lowest BCUT2D eigenvalue weighted by Crippen LogP contribution is -2.36. The van der Waals surface area contributed by atoms with Crippen molar-refractivity contribution < 1.29 is 22.6 Å². The Bertz CT molecular complexity index is 774. The van der Waals surface area contributed by atoms with Gasteiger partial charge in [0, 0.05) is 18.9 Å². The van der Waals surface area contributed by atoms with E-state index in [0.717, 1.165) is 70.0 Å². The molecule has 0 radical (unpaired) electrons. The van der Waals surface area contributed by atoms with E-state index in [1.165, 1.54) is 20.0 Å². The second-order valence-electron chi connectivity index (χ2n) is 11.6. The maximum Gasteiger partial charge on any atom is 0.251 e. The molecule has 0 aromatic heterocycles. The summed E-state index contributed by atoms with van der Waals surface area (Å²) in [7, 11) is 1.49. The maximum atomic E-state index is 15.1. The number of alkyl halides is 2. The molecule has 5 heteroatoms. The van der Waals surface area contributed by atoms with Crippen molar-refractivity contribution >= 4 is 0 Å². The first-order valence-electron chi connectivity index (χ1n) is 14.2. The van der Waals surface area contributed by atoms with Crippen LogP contribution in [-0.4, -0.2) is 25.7 Å². The van der Waals surface area contributed by atoms with Crippen LogP contribution in [0, 0.1) is 29.5 Å². The quantitative estimate of drug-likeness (QED) is 0.341. The third-order valence-corrected chi connectivity index (χ3v) is 9.37. The van der Waals surface area contributed by atoms with Crippen LogP contribution in [0.4, 0.5) is 13.2 Å². The average Bonchev–Trinajstić information content (AvgIpc) is 2.88. The molecular formula is C30H45F3O2. The Morgan fingerprint density at radius 1 is 0.857 bits per heavy atom. The molecule has 3 fully saturated rings. The molecule has 2 nitrogen and oxygen atoms in total. The zero-order valence-electron chi connectivity index (χ0n) is 21.8. The second kappa shape index (κ2) is 12.3.